The highest BCUT2D eigenvalue weighted by molar-refractivity contribution is 5.86. The molecule has 1 saturated heterocycles. The van der Waals surface area contributed by atoms with Gasteiger partial charge in [0.25, 0.3) is 0 Å². The fourth-order valence-electron chi connectivity index (χ4n) is 4.48. The number of allylic oxidation sites excluding steroid dienone is 4. The molecule has 1 fully saturated rings. The summed E-state index contributed by atoms with van der Waals surface area (Å²) in [6.07, 6.45) is 13.9. The Balaban J connectivity index is 1.49. The van der Waals surface area contributed by atoms with Gasteiger partial charge in [0.15, 0.2) is 11.5 Å². The van der Waals surface area contributed by atoms with Gasteiger partial charge in [0.1, 0.15) is 5.82 Å². The molecular weight excluding hydrogens is 416 g/mol. The minimum absolute atomic E-state index is 0.217. The van der Waals surface area contributed by atoms with Crippen molar-refractivity contribution in [2.45, 2.75) is 52.5 Å². The minimum atomic E-state index is -0.477. The van der Waals surface area contributed by atoms with Crippen molar-refractivity contribution in [2.24, 2.45) is 0 Å². The topological polar surface area (TPSA) is 84.3 Å². The van der Waals surface area contributed by atoms with Crippen LogP contribution in [0.4, 0.5) is 11.6 Å². The van der Waals surface area contributed by atoms with Crippen LogP contribution in [0.5, 0.6) is 0 Å². The van der Waals surface area contributed by atoms with Crippen LogP contribution in [-0.4, -0.2) is 58.9 Å². The van der Waals surface area contributed by atoms with E-state index in [1.165, 1.54) is 30.0 Å². The van der Waals surface area contributed by atoms with Crippen LogP contribution >= 0.6 is 0 Å². The van der Waals surface area contributed by atoms with E-state index in [0.717, 1.165) is 62.6 Å². The highest BCUT2D eigenvalue weighted by Crippen LogP contribution is 2.28. The Labute approximate surface area is 195 Å². The number of carbonyl (C=O) groups excluding carboxylic acids is 1. The standard InChI is InChI=1S/C25H32N6O2/c1-5-20-16-30(11-12-31(20)23-15-26-22(14-27-23)25(32)33-4)24-18(3)17(2)21(28-29-24)13-19-9-7-6-8-10-19/h7,9-10,14-15,20H,5-6,8,11-13,16H2,1-4H3/t20-/m1/s1. The minimum Gasteiger partial charge on any atom is -0.464 e. The molecule has 8 nitrogen and oxygen atoms in total. The van der Waals surface area contributed by atoms with Crippen LogP contribution in [0, 0.1) is 13.8 Å². The van der Waals surface area contributed by atoms with Crippen molar-refractivity contribution in [3.63, 3.8) is 0 Å². The van der Waals surface area contributed by atoms with Gasteiger partial charge in [-0.3, -0.25) is 0 Å². The van der Waals surface area contributed by atoms with E-state index in [-0.39, 0.29) is 11.7 Å². The SMILES string of the molecule is CC[C@@H]1CN(c2nnc(CC3=CCCC=C3)c(C)c2C)CCN1c1cnc(C(=O)OC)cn1. The van der Waals surface area contributed by atoms with Crippen LogP contribution in [-0.2, 0) is 11.2 Å². The fourth-order valence-corrected chi connectivity index (χ4v) is 4.48. The monoisotopic (exact) mass is 448 g/mol. The summed E-state index contributed by atoms with van der Waals surface area (Å²) in [6.45, 7) is 8.93. The van der Waals surface area contributed by atoms with Crippen molar-refractivity contribution in [2.75, 3.05) is 36.5 Å². The molecule has 0 unspecified atom stereocenters. The number of rotatable bonds is 6. The lowest BCUT2D eigenvalue weighted by atomic mass is 9.99. The van der Waals surface area contributed by atoms with E-state index in [9.17, 15) is 4.79 Å². The van der Waals surface area contributed by atoms with Gasteiger partial charge in [0, 0.05) is 32.1 Å². The quantitative estimate of drug-likeness (QED) is 0.620. The molecular formula is C25H32N6O2. The van der Waals surface area contributed by atoms with Crippen LogP contribution in [0.2, 0.25) is 0 Å². The third-order valence-corrected chi connectivity index (χ3v) is 6.62. The Kier molecular flexibility index (Phi) is 7.01. The van der Waals surface area contributed by atoms with Crippen molar-refractivity contribution in [3.8, 4) is 0 Å². The third-order valence-electron chi connectivity index (χ3n) is 6.62. The molecule has 0 bridgehead atoms. The summed E-state index contributed by atoms with van der Waals surface area (Å²) in [6, 6.07) is 0.260. The molecule has 0 amide bonds. The van der Waals surface area contributed by atoms with Gasteiger partial charge in [0.05, 0.1) is 25.2 Å². The predicted octanol–water partition coefficient (Wildman–Crippen LogP) is 3.59. The summed E-state index contributed by atoms with van der Waals surface area (Å²) in [4.78, 5) is 24.9. The summed E-state index contributed by atoms with van der Waals surface area (Å²) < 4.78 is 4.72. The van der Waals surface area contributed by atoms with Crippen LogP contribution in [0.1, 0.15) is 53.5 Å². The van der Waals surface area contributed by atoms with Crippen molar-refractivity contribution < 1.29 is 9.53 Å². The number of hydrogen-bond donors (Lipinski definition) is 0. The molecule has 2 aromatic heterocycles. The molecule has 0 spiro atoms. The average Bonchev–Trinajstić information content (AvgIpc) is 2.87. The second-order valence-electron chi connectivity index (χ2n) is 8.61. The first kappa shape index (κ1) is 22.9. The highest BCUT2D eigenvalue weighted by Gasteiger charge is 2.29. The van der Waals surface area contributed by atoms with Gasteiger partial charge >= 0.3 is 5.97 Å². The summed E-state index contributed by atoms with van der Waals surface area (Å²) >= 11 is 0. The smallest absolute Gasteiger partial charge is 0.358 e. The number of methoxy groups -OCH3 is 1. The van der Waals surface area contributed by atoms with Crippen molar-refractivity contribution >= 4 is 17.6 Å². The molecule has 2 aromatic rings. The Morgan fingerprint density at radius 2 is 1.97 bits per heavy atom. The average molecular weight is 449 g/mol. The molecule has 0 radical (unpaired) electrons. The zero-order valence-corrected chi connectivity index (χ0v) is 19.9. The van der Waals surface area contributed by atoms with E-state index < -0.39 is 5.97 Å². The normalized spacial score (nSPS) is 18.3. The predicted molar refractivity (Wildman–Crippen MR) is 129 cm³/mol. The van der Waals surface area contributed by atoms with Crippen molar-refractivity contribution in [3.05, 3.63) is 58.7 Å². The first-order chi connectivity index (χ1) is 16.0. The second kappa shape index (κ2) is 10.1. The van der Waals surface area contributed by atoms with Gasteiger partial charge in [-0.1, -0.05) is 25.2 Å². The van der Waals surface area contributed by atoms with Crippen LogP contribution in [0.15, 0.2) is 36.2 Å². The number of piperazine rings is 1. The largest absolute Gasteiger partial charge is 0.464 e. The maximum Gasteiger partial charge on any atom is 0.358 e. The van der Waals surface area contributed by atoms with Crippen molar-refractivity contribution in [1.29, 1.82) is 0 Å². The number of nitrogens with zero attached hydrogens (tertiary/aromatic N) is 6. The first-order valence-corrected chi connectivity index (χ1v) is 11.6. The second-order valence-corrected chi connectivity index (χ2v) is 8.61. The molecule has 4 rings (SSSR count). The molecule has 1 aliphatic heterocycles. The molecule has 174 valence electrons. The Morgan fingerprint density at radius 3 is 2.64 bits per heavy atom. The lowest BCUT2D eigenvalue weighted by molar-refractivity contribution is 0.0593. The zero-order valence-electron chi connectivity index (χ0n) is 19.9. The maximum atomic E-state index is 11.7. The van der Waals surface area contributed by atoms with E-state index in [4.69, 9.17) is 4.74 Å². The Hall–Kier alpha value is -3.29. The molecule has 1 atom stereocenters. The summed E-state index contributed by atoms with van der Waals surface area (Å²) in [5, 5.41) is 9.29. The lowest BCUT2D eigenvalue weighted by Gasteiger charge is -2.42. The first-order valence-electron chi connectivity index (χ1n) is 11.6. The van der Waals surface area contributed by atoms with Gasteiger partial charge in [-0.05, 0) is 49.8 Å². The molecule has 0 saturated carbocycles. The molecule has 1 aliphatic carbocycles. The fraction of sp³-hybridized carbons (Fsp3) is 0.480. The van der Waals surface area contributed by atoms with E-state index in [1.807, 2.05) is 0 Å². The number of esters is 1. The molecule has 0 N–H and O–H groups in total. The van der Waals surface area contributed by atoms with Gasteiger partial charge in [-0.15, -0.1) is 5.10 Å². The van der Waals surface area contributed by atoms with Crippen LogP contribution < -0.4 is 9.80 Å². The molecule has 0 aromatic carbocycles. The molecule has 33 heavy (non-hydrogen) atoms. The molecule has 2 aliphatic rings. The molecule has 3 heterocycles. The van der Waals surface area contributed by atoms with Gasteiger partial charge in [-0.2, -0.15) is 5.10 Å². The lowest BCUT2D eigenvalue weighted by Crippen LogP contribution is -2.54. The Morgan fingerprint density at radius 1 is 1.12 bits per heavy atom. The molecule has 8 heteroatoms. The highest BCUT2D eigenvalue weighted by atomic mass is 16.5. The van der Waals surface area contributed by atoms with Gasteiger partial charge in [0.2, 0.25) is 0 Å². The maximum absolute atomic E-state index is 11.7. The van der Waals surface area contributed by atoms with E-state index in [1.54, 1.807) is 6.20 Å². The van der Waals surface area contributed by atoms with Gasteiger partial charge in [-0.25, -0.2) is 14.8 Å². The summed E-state index contributed by atoms with van der Waals surface area (Å²) in [7, 11) is 1.34. The van der Waals surface area contributed by atoms with Crippen LogP contribution in [0.25, 0.3) is 0 Å². The number of ether oxygens (including phenoxy) is 1. The van der Waals surface area contributed by atoms with Crippen molar-refractivity contribution in [1.82, 2.24) is 20.2 Å². The number of hydrogen-bond acceptors (Lipinski definition) is 8. The Bertz CT molecular complexity index is 1060. The van der Waals surface area contributed by atoms with Crippen LogP contribution in [0.3, 0.4) is 0 Å². The number of carbonyl (C=O) groups is 1. The third kappa shape index (κ3) is 4.89. The van der Waals surface area contributed by atoms with E-state index in [2.05, 4.69) is 69.0 Å². The summed E-state index contributed by atoms with van der Waals surface area (Å²) in [5.74, 6) is 1.27. The van der Waals surface area contributed by atoms with E-state index in [0.29, 0.717) is 0 Å². The zero-order chi connectivity index (χ0) is 23.4. The van der Waals surface area contributed by atoms with Gasteiger partial charge < -0.3 is 14.5 Å². The number of aromatic nitrogens is 4. The number of anilines is 2. The van der Waals surface area contributed by atoms with E-state index >= 15 is 0 Å². The summed E-state index contributed by atoms with van der Waals surface area (Å²) in [5.41, 5.74) is 5.02.